The molecular formula is C13H14N4O. The fourth-order valence-electron chi connectivity index (χ4n) is 1.98. The lowest BCUT2D eigenvalue weighted by Gasteiger charge is -2.14. The second-order valence-corrected chi connectivity index (χ2v) is 4.15. The summed E-state index contributed by atoms with van der Waals surface area (Å²) in [5.74, 6) is 0.814. The summed E-state index contributed by atoms with van der Waals surface area (Å²) >= 11 is 0. The molecule has 92 valence electrons. The monoisotopic (exact) mass is 242 g/mol. The van der Waals surface area contributed by atoms with Gasteiger partial charge in [0, 0.05) is 5.56 Å². The van der Waals surface area contributed by atoms with Crippen LogP contribution in [0.5, 0.6) is 0 Å². The molecule has 2 aromatic heterocycles. The number of nitrogens with one attached hydrogen (secondary N) is 1. The lowest BCUT2D eigenvalue weighted by atomic mass is 10.1. The van der Waals surface area contributed by atoms with E-state index in [0.717, 1.165) is 22.7 Å². The topological polar surface area (TPSA) is 74.7 Å². The SMILES string of the molecule is Cc1noc(C)c1C(C)Nc1ccc(C#N)nc1. The average molecular weight is 242 g/mol. The van der Waals surface area contributed by atoms with E-state index in [1.807, 2.05) is 32.9 Å². The highest BCUT2D eigenvalue weighted by Crippen LogP contribution is 2.24. The number of rotatable bonds is 3. The second kappa shape index (κ2) is 4.88. The summed E-state index contributed by atoms with van der Waals surface area (Å²) in [4.78, 5) is 4.01. The van der Waals surface area contributed by atoms with Gasteiger partial charge in [-0.1, -0.05) is 5.16 Å². The molecule has 0 bridgehead atoms. The van der Waals surface area contributed by atoms with Gasteiger partial charge >= 0.3 is 0 Å². The van der Waals surface area contributed by atoms with Crippen LogP contribution in [0.15, 0.2) is 22.9 Å². The highest BCUT2D eigenvalue weighted by molar-refractivity contribution is 5.45. The van der Waals surface area contributed by atoms with Gasteiger partial charge in [-0.25, -0.2) is 4.98 Å². The average Bonchev–Trinajstić information content (AvgIpc) is 2.70. The minimum absolute atomic E-state index is 0.0750. The van der Waals surface area contributed by atoms with Gasteiger partial charge in [-0.05, 0) is 32.9 Å². The quantitative estimate of drug-likeness (QED) is 0.895. The van der Waals surface area contributed by atoms with E-state index in [9.17, 15) is 0 Å². The van der Waals surface area contributed by atoms with Crippen molar-refractivity contribution in [3.8, 4) is 6.07 Å². The van der Waals surface area contributed by atoms with E-state index in [1.54, 1.807) is 12.3 Å². The van der Waals surface area contributed by atoms with Crippen LogP contribution in [0.3, 0.4) is 0 Å². The van der Waals surface area contributed by atoms with Crippen molar-refractivity contribution in [1.29, 1.82) is 5.26 Å². The van der Waals surface area contributed by atoms with Crippen molar-refractivity contribution in [2.24, 2.45) is 0 Å². The van der Waals surface area contributed by atoms with Gasteiger partial charge in [0.05, 0.1) is 23.6 Å². The summed E-state index contributed by atoms with van der Waals surface area (Å²) in [6.07, 6.45) is 1.65. The van der Waals surface area contributed by atoms with Gasteiger partial charge in [0.25, 0.3) is 0 Å². The van der Waals surface area contributed by atoms with Crippen molar-refractivity contribution >= 4 is 5.69 Å². The molecule has 2 rings (SSSR count). The Bertz CT molecular complexity index is 561. The van der Waals surface area contributed by atoms with Gasteiger partial charge < -0.3 is 9.84 Å². The second-order valence-electron chi connectivity index (χ2n) is 4.15. The van der Waals surface area contributed by atoms with Crippen LogP contribution in [0, 0.1) is 25.2 Å². The first-order chi connectivity index (χ1) is 8.61. The van der Waals surface area contributed by atoms with Gasteiger partial charge in [0.2, 0.25) is 0 Å². The fraction of sp³-hybridized carbons (Fsp3) is 0.308. The first-order valence-corrected chi connectivity index (χ1v) is 5.67. The predicted molar refractivity (Wildman–Crippen MR) is 67.0 cm³/mol. The van der Waals surface area contributed by atoms with Crippen molar-refractivity contribution in [1.82, 2.24) is 10.1 Å². The highest BCUT2D eigenvalue weighted by Gasteiger charge is 2.16. The van der Waals surface area contributed by atoms with Gasteiger partial charge in [-0.15, -0.1) is 0 Å². The minimum atomic E-state index is 0.0750. The van der Waals surface area contributed by atoms with Crippen LogP contribution in [0.1, 0.15) is 35.7 Å². The number of anilines is 1. The Morgan fingerprint density at radius 3 is 2.67 bits per heavy atom. The maximum Gasteiger partial charge on any atom is 0.140 e. The van der Waals surface area contributed by atoms with Crippen LogP contribution in [-0.4, -0.2) is 10.1 Å². The summed E-state index contributed by atoms with van der Waals surface area (Å²) in [5.41, 5.74) is 3.21. The van der Waals surface area contributed by atoms with Crippen LogP contribution < -0.4 is 5.32 Å². The summed E-state index contributed by atoms with van der Waals surface area (Å²) in [7, 11) is 0. The summed E-state index contributed by atoms with van der Waals surface area (Å²) in [5, 5.41) is 15.9. The Kier molecular flexibility index (Phi) is 3.28. The van der Waals surface area contributed by atoms with Crippen LogP contribution in [0.2, 0.25) is 0 Å². The van der Waals surface area contributed by atoms with Gasteiger partial charge in [0.15, 0.2) is 0 Å². The van der Waals surface area contributed by atoms with Crippen LogP contribution in [0.25, 0.3) is 0 Å². The molecule has 1 N–H and O–H groups in total. The molecule has 0 aliphatic carbocycles. The molecule has 0 saturated carbocycles. The van der Waals surface area contributed by atoms with E-state index in [1.165, 1.54) is 0 Å². The Morgan fingerprint density at radius 2 is 2.17 bits per heavy atom. The molecule has 0 aliphatic rings. The van der Waals surface area contributed by atoms with Crippen molar-refractivity contribution in [3.63, 3.8) is 0 Å². The molecule has 0 spiro atoms. The highest BCUT2D eigenvalue weighted by atomic mass is 16.5. The number of nitriles is 1. The third-order valence-corrected chi connectivity index (χ3v) is 2.78. The zero-order valence-electron chi connectivity index (χ0n) is 10.6. The maximum atomic E-state index is 8.68. The minimum Gasteiger partial charge on any atom is -0.377 e. The molecule has 0 aromatic carbocycles. The Morgan fingerprint density at radius 1 is 1.39 bits per heavy atom. The van der Waals surface area contributed by atoms with Crippen LogP contribution in [-0.2, 0) is 0 Å². The molecule has 0 amide bonds. The number of pyridine rings is 1. The summed E-state index contributed by atoms with van der Waals surface area (Å²) in [6.45, 7) is 5.84. The molecule has 5 nitrogen and oxygen atoms in total. The zero-order valence-corrected chi connectivity index (χ0v) is 10.6. The maximum absolute atomic E-state index is 8.68. The van der Waals surface area contributed by atoms with Crippen molar-refractivity contribution in [2.45, 2.75) is 26.8 Å². The molecule has 0 fully saturated rings. The molecule has 0 radical (unpaired) electrons. The lowest BCUT2D eigenvalue weighted by molar-refractivity contribution is 0.392. The normalized spacial score (nSPS) is 11.9. The Hall–Kier alpha value is -2.35. The molecule has 5 heteroatoms. The summed E-state index contributed by atoms with van der Waals surface area (Å²) in [6, 6.07) is 5.58. The predicted octanol–water partition coefficient (Wildman–Crippen LogP) is 2.73. The number of nitrogens with zero attached hydrogens (tertiary/aromatic N) is 3. The summed E-state index contributed by atoms with van der Waals surface area (Å²) < 4.78 is 5.14. The van der Waals surface area contributed by atoms with Crippen molar-refractivity contribution < 1.29 is 4.52 Å². The van der Waals surface area contributed by atoms with Gasteiger partial charge in [0.1, 0.15) is 17.5 Å². The number of aromatic nitrogens is 2. The van der Waals surface area contributed by atoms with Gasteiger partial charge in [-0.3, -0.25) is 0 Å². The first kappa shape index (κ1) is 12.1. The third kappa shape index (κ3) is 2.33. The van der Waals surface area contributed by atoms with E-state index < -0.39 is 0 Å². The number of hydrogen-bond donors (Lipinski definition) is 1. The van der Waals surface area contributed by atoms with Gasteiger partial charge in [-0.2, -0.15) is 5.26 Å². The molecule has 0 saturated heterocycles. The zero-order chi connectivity index (χ0) is 13.1. The van der Waals surface area contributed by atoms with E-state index in [0.29, 0.717) is 5.69 Å². The number of aryl methyl sites for hydroxylation is 2. The molecule has 0 aliphatic heterocycles. The molecule has 1 unspecified atom stereocenters. The van der Waals surface area contributed by atoms with Crippen LogP contribution in [0.4, 0.5) is 5.69 Å². The fourth-order valence-corrected chi connectivity index (χ4v) is 1.98. The molecule has 18 heavy (non-hydrogen) atoms. The largest absolute Gasteiger partial charge is 0.377 e. The van der Waals surface area contributed by atoms with E-state index >= 15 is 0 Å². The van der Waals surface area contributed by atoms with Crippen LogP contribution >= 0.6 is 0 Å². The van der Waals surface area contributed by atoms with E-state index in [2.05, 4.69) is 15.5 Å². The Balaban J connectivity index is 2.16. The molecule has 2 heterocycles. The molecule has 2 aromatic rings. The third-order valence-electron chi connectivity index (χ3n) is 2.78. The lowest BCUT2D eigenvalue weighted by Crippen LogP contribution is -2.08. The van der Waals surface area contributed by atoms with Crippen molar-refractivity contribution in [2.75, 3.05) is 5.32 Å². The smallest absolute Gasteiger partial charge is 0.140 e. The standard InChI is InChI=1S/C13H14N4O/c1-8(13-9(2)17-18-10(13)3)16-12-5-4-11(6-14)15-7-12/h4-5,7-8,16H,1-3H3. The number of hydrogen-bond acceptors (Lipinski definition) is 5. The molecular weight excluding hydrogens is 228 g/mol. The Labute approximate surface area is 105 Å². The van der Waals surface area contributed by atoms with E-state index in [-0.39, 0.29) is 6.04 Å². The first-order valence-electron chi connectivity index (χ1n) is 5.67. The molecule has 1 atom stereocenters. The van der Waals surface area contributed by atoms with E-state index in [4.69, 9.17) is 9.78 Å². The van der Waals surface area contributed by atoms with Crippen molar-refractivity contribution in [3.05, 3.63) is 41.0 Å².